The van der Waals surface area contributed by atoms with Crippen LogP contribution < -0.4 is 14.8 Å². The average molecular weight is 510 g/mol. The molecule has 0 fully saturated rings. The number of halogens is 1. The number of benzene rings is 2. The van der Waals surface area contributed by atoms with Gasteiger partial charge in [-0.1, -0.05) is 29.8 Å². The largest absolute Gasteiger partial charge is 0.480 e. The molecule has 35 heavy (non-hydrogen) atoms. The van der Waals surface area contributed by atoms with Crippen molar-refractivity contribution in [3.63, 3.8) is 0 Å². The molecule has 0 spiro atoms. The summed E-state index contributed by atoms with van der Waals surface area (Å²) < 4.78 is 22.0. The predicted molar refractivity (Wildman–Crippen MR) is 125 cm³/mol. The highest BCUT2D eigenvalue weighted by molar-refractivity contribution is 6.30. The van der Waals surface area contributed by atoms with Crippen molar-refractivity contribution in [3.8, 4) is 11.5 Å². The lowest BCUT2D eigenvalue weighted by molar-refractivity contribution is -0.179. The van der Waals surface area contributed by atoms with Gasteiger partial charge in [0.2, 0.25) is 0 Å². The first-order valence-corrected chi connectivity index (χ1v) is 11.3. The Morgan fingerprint density at radius 1 is 1.03 bits per heavy atom. The zero-order valence-electron chi connectivity index (χ0n) is 19.1. The lowest BCUT2D eigenvalue weighted by Crippen LogP contribution is -2.48. The van der Waals surface area contributed by atoms with Gasteiger partial charge >= 0.3 is 11.9 Å². The number of fused-ring (bicyclic) bond motifs is 1. The average Bonchev–Trinajstić information content (AvgIpc) is 3.14. The molecule has 0 radical (unpaired) electrons. The molecule has 1 aliphatic heterocycles. The normalized spacial score (nSPS) is 15.5. The summed E-state index contributed by atoms with van der Waals surface area (Å²) in [4.78, 5) is 21.6. The molecule has 2 aromatic rings. The smallest absolute Gasteiger partial charge is 0.329 e. The Bertz CT molecular complexity index is 1010. The molecule has 0 aromatic heterocycles. The third-order valence-electron chi connectivity index (χ3n) is 5.13. The van der Waals surface area contributed by atoms with Gasteiger partial charge in [0.1, 0.15) is 26.4 Å². The van der Waals surface area contributed by atoms with Crippen LogP contribution >= 0.6 is 11.6 Å². The van der Waals surface area contributed by atoms with Gasteiger partial charge in [-0.05, 0) is 48.7 Å². The summed E-state index contributed by atoms with van der Waals surface area (Å²) in [6, 6.07) is 12.5. The summed E-state index contributed by atoms with van der Waals surface area (Å²) in [5, 5.41) is 31.9. The van der Waals surface area contributed by atoms with Crippen LogP contribution in [0, 0.1) is 0 Å². The molecule has 0 saturated carbocycles. The number of hydrogen-bond donors (Lipinski definition) is 4. The number of aliphatic carboxylic acids is 2. The van der Waals surface area contributed by atoms with E-state index in [2.05, 4.69) is 5.32 Å². The molecule has 190 valence electrons. The molecule has 2 atom stereocenters. The molecule has 11 heteroatoms. The summed E-state index contributed by atoms with van der Waals surface area (Å²) in [7, 11) is 0. The van der Waals surface area contributed by atoms with E-state index in [1.54, 1.807) is 30.3 Å². The SMILES string of the molecule is C[C@@H](Cc1ccc2c(c1)OC(COCC(=O)O)(COCC(=O)O)O2)NC[C@@H](O)c1cccc(Cl)c1. The van der Waals surface area contributed by atoms with Gasteiger partial charge < -0.3 is 39.6 Å². The zero-order chi connectivity index (χ0) is 25.4. The summed E-state index contributed by atoms with van der Waals surface area (Å²) in [6.07, 6.45) is -0.0816. The van der Waals surface area contributed by atoms with Crippen molar-refractivity contribution in [3.05, 3.63) is 58.6 Å². The molecule has 0 saturated heterocycles. The Hall–Kier alpha value is -2.89. The Morgan fingerprint density at radius 2 is 1.69 bits per heavy atom. The van der Waals surface area contributed by atoms with Crippen LogP contribution in [0.1, 0.15) is 24.2 Å². The quantitative estimate of drug-likeness (QED) is 0.299. The summed E-state index contributed by atoms with van der Waals surface area (Å²) in [5.41, 5.74) is 1.66. The van der Waals surface area contributed by atoms with Crippen LogP contribution in [-0.2, 0) is 25.5 Å². The first kappa shape index (κ1) is 26.7. The number of carboxylic acid groups (broad SMARTS) is 2. The lowest BCUT2D eigenvalue weighted by Gasteiger charge is -2.26. The van der Waals surface area contributed by atoms with E-state index in [0.29, 0.717) is 29.5 Å². The van der Waals surface area contributed by atoms with Crippen molar-refractivity contribution in [1.82, 2.24) is 5.32 Å². The molecular formula is C24H28ClNO9. The summed E-state index contributed by atoms with van der Waals surface area (Å²) in [5.74, 6) is -3.01. The molecule has 0 unspecified atom stereocenters. The Kier molecular flexibility index (Phi) is 9.30. The molecule has 4 N–H and O–H groups in total. The van der Waals surface area contributed by atoms with Crippen molar-refractivity contribution >= 4 is 23.5 Å². The lowest BCUT2D eigenvalue weighted by atomic mass is 10.1. The van der Waals surface area contributed by atoms with Crippen molar-refractivity contribution in [2.45, 2.75) is 31.3 Å². The van der Waals surface area contributed by atoms with Gasteiger partial charge in [0, 0.05) is 17.6 Å². The Balaban J connectivity index is 1.59. The van der Waals surface area contributed by atoms with Crippen LogP contribution in [-0.4, -0.2) is 72.1 Å². The monoisotopic (exact) mass is 509 g/mol. The van der Waals surface area contributed by atoms with E-state index in [1.807, 2.05) is 19.1 Å². The van der Waals surface area contributed by atoms with Gasteiger partial charge in [-0.3, -0.25) is 0 Å². The van der Waals surface area contributed by atoms with Crippen LogP contribution in [0.4, 0.5) is 0 Å². The summed E-state index contributed by atoms with van der Waals surface area (Å²) in [6.45, 7) is 0.638. The molecule has 0 aliphatic carbocycles. The number of aliphatic hydroxyl groups is 1. The van der Waals surface area contributed by atoms with E-state index in [0.717, 1.165) is 11.1 Å². The number of nitrogens with one attached hydrogen (secondary N) is 1. The number of ether oxygens (including phenoxy) is 4. The second kappa shape index (κ2) is 12.2. The number of hydrogen-bond acceptors (Lipinski definition) is 8. The van der Waals surface area contributed by atoms with Crippen molar-refractivity contribution in [2.24, 2.45) is 0 Å². The predicted octanol–water partition coefficient (Wildman–Crippen LogP) is 2.26. The van der Waals surface area contributed by atoms with E-state index in [1.165, 1.54) is 0 Å². The molecule has 1 aliphatic rings. The molecule has 0 amide bonds. The maximum Gasteiger partial charge on any atom is 0.329 e. The minimum Gasteiger partial charge on any atom is -0.480 e. The van der Waals surface area contributed by atoms with E-state index in [-0.39, 0.29) is 19.3 Å². The fourth-order valence-electron chi connectivity index (χ4n) is 3.58. The minimum atomic E-state index is -1.50. The molecule has 2 aromatic carbocycles. The first-order valence-electron chi connectivity index (χ1n) is 10.9. The standard InChI is InChI=1S/C24H28ClNO9/c1-15(26-10-19(27)17-3-2-4-18(25)9-17)7-16-5-6-20-21(8-16)35-24(34-20,13-32-11-22(28)29)14-33-12-23(30)31/h2-6,8-9,15,19,26-27H,7,10-14H2,1H3,(H,28,29)(H,30,31)/t15-,19+/m0/s1. The second-order valence-corrected chi connectivity index (χ2v) is 8.69. The second-order valence-electron chi connectivity index (χ2n) is 8.25. The van der Waals surface area contributed by atoms with Crippen LogP contribution in [0.15, 0.2) is 42.5 Å². The number of aliphatic hydroxyl groups excluding tert-OH is 1. The fourth-order valence-corrected chi connectivity index (χ4v) is 3.78. The van der Waals surface area contributed by atoms with Crippen molar-refractivity contribution in [2.75, 3.05) is 33.0 Å². The van der Waals surface area contributed by atoms with Crippen LogP contribution in [0.3, 0.4) is 0 Å². The van der Waals surface area contributed by atoms with Gasteiger partial charge in [-0.15, -0.1) is 0 Å². The fraction of sp³-hybridized carbons (Fsp3) is 0.417. The van der Waals surface area contributed by atoms with Gasteiger partial charge in [0.15, 0.2) is 11.5 Å². The van der Waals surface area contributed by atoms with E-state index < -0.39 is 37.0 Å². The highest BCUT2D eigenvalue weighted by Crippen LogP contribution is 2.40. The third-order valence-corrected chi connectivity index (χ3v) is 5.37. The van der Waals surface area contributed by atoms with Crippen LogP contribution in [0.25, 0.3) is 0 Å². The highest BCUT2D eigenvalue weighted by Gasteiger charge is 2.43. The number of carbonyl (C=O) groups is 2. The minimum absolute atomic E-state index is 0.0202. The van der Waals surface area contributed by atoms with Gasteiger partial charge in [0.25, 0.3) is 5.79 Å². The molecule has 10 nitrogen and oxygen atoms in total. The van der Waals surface area contributed by atoms with E-state index >= 15 is 0 Å². The van der Waals surface area contributed by atoms with Gasteiger partial charge in [0.05, 0.1) is 6.10 Å². The van der Waals surface area contributed by atoms with Crippen LogP contribution in [0.5, 0.6) is 11.5 Å². The zero-order valence-corrected chi connectivity index (χ0v) is 19.9. The van der Waals surface area contributed by atoms with Gasteiger partial charge in [-0.25, -0.2) is 9.59 Å². The van der Waals surface area contributed by atoms with Crippen molar-refractivity contribution < 1.29 is 43.9 Å². The van der Waals surface area contributed by atoms with Crippen molar-refractivity contribution in [1.29, 1.82) is 0 Å². The third kappa shape index (κ3) is 8.08. The molecule has 3 rings (SSSR count). The van der Waals surface area contributed by atoms with E-state index in [4.69, 9.17) is 40.8 Å². The Morgan fingerprint density at radius 3 is 2.31 bits per heavy atom. The Labute approximate surface area is 207 Å². The topological polar surface area (TPSA) is 144 Å². The number of rotatable bonds is 14. The van der Waals surface area contributed by atoms with Crippen LogP contribution in [0.2, 0.25) is 5.02 Å². The maximum atomic E-state index is 10.8. The van der Waals surface area contributed by atoms with Gasteiger partial charge in [-0.2, -0.15) is 0 Å². The van der Waals surface area contributed by atoms with E-state index in [9.17, 15) is 14.7 Å². The molecule has 0 bridgehead atoms. The highest BCUT2D eigenvalue weighted by atomic mass is 35.5. The molecular weight excluding hydrogens is 482 g/mol. The molecule has 1 heterocycles. The summed E-state index contributed by atoms with van der Waals surface area (Å²) >= 11 is 5.99. The maximum absolute atomic E-state index is 10.8. The number of carboxylic acids is 2. The first-order chi connectivity index (χ1) is 16.7.